The Morgan fingerprint density at radius 3 is 2.58 bits per heavy atom. The summed E-state index contributed by atoms with van der Waals surface area (Å²) in [6.07, 6.45) is 0. The lowest BCUT2D eigenvalue weighted by Crippen LogP contribution is -2.26. The molecule has 1 amide bonds. The van der Waals surface area contributed by atoms with Crippen LogP contribution in [0.2, 0.25) is 0 Å². The van der Waals surface area contributed by atoms with Crippen molar-refractivity contribution in [3.8, 4) is 5.75 Å². The van der Waals surface area contributed by atoms with Crippen molar-refractivity contribution in [3.05, 3.63) is 30.1 Å². The molecule has 0 bridgehead atoms. The molecule has 0 aliphatic rings. The lowest BCUT2D eigenvalue weighted by atomic mass is 9.96. The summed E-state index contributed by atoms with van der Waals surface area (Å²) < 4.78 is 6.68. The van der Waals surface area contributed by atoms with Crippen molar-refractivity contribution < 1.29 is 9.53 Å². The van der Waals surface area contributed by atoms with E-state index in [1.807, 2.05) is 32.9 Å². The van der Waals surface area contributed by atoms with Gasteiger partial charge in [-0.2, -0.15) is 0 Å². The van der Waals surface area contributed by atoms with Gasteiger partial charge < -0.3 is 15.9 Å². The third kappa shape index (κ3) is 4.00. The first-order chi connectivity index (χ1) is 11.2. The van der Waals surface area contributed by atoms with Gasteiger partial charge in [0.05, 0.1) is 18.0 Å². The van der Waals surface area contributed by atoms with Gasteiger partial charge in [-0.05, 0) is 19.1 Å². The Kier molecular flexibility index (Phi) is 5.38. The van der Waals surface area contributed by atoms with E-state index in [0.717, 1.165) is 0 Å². The van der Waals surface area contributed by atoms with Crippen LogP contribution in [0.25, 0.3) is 0 Å². The summed E-state index contributed by atoms with van der Waals surface area (Å²) in [5.74, 6) is 7.17. The van der Waals surface area contributed by atoms with Crippen molar-refractivity contribution in [3.63, 3.8) is 0 Å². The van der Waals surface area contributed by atoms with E-state index in [1.54, 1.807) is 26.2 Å². The van der Waals surface area contributed by atoms with Gasteiger partial charge in [0, 0.05) is 5.41 Å². The standard InChI is InChI=1S/C16H23N5O2S/c1-10(13(22)18-11-8-6-7-9-12(11)23-5)24-15-20-19-14(21(15)17)16(2,3)4/h6-10H,17H2,1-5H3,(H,18,22). The van der Waals surface area contributed by atoms with Gasteiger partial charge in [0.15, 0.2) is 5.82 Å². The minimum Gasteiger partial charge on any atom is -0.495 e. The van der Waals surface area contributed by atoms with Crippen molar-refractivity contribution in [2.24, 2.45) is 0 Å². The van der Waals surface area contributed by atoms with Crippen LogP contribution in [0.3, 0.4) is 0 Å². The molecule has 24 heavy (non-hydrogen) atoms. The quantitative estimate of drug-likeness (QED) is 0.636. The molecular weight excluding hydrogens is 326 g/mol. The molecule has 1 unspecified atom stereocenters. The maximum atomic E-state index is 12.4. The van der Waals surface area contributed by atoms with Crippen LogP contribution in [0.4, 0.5) is 5.69 Å². The van der Waals surface area contributed by atoms with Crippen LogP contribution in [0.1, 0.15) is 33.5 Å². The van der Waals surface area contributed by atoms with E-state index in [4.69, 9.17) is 10.6 Å². The molecule has 0 radical (unpaired) electrons. The Labute approximate surface area is 145 Å². The zero-order valence-corrected chi connectivity index (χ0v) is 15.3. The summed E-state index contributed by atoms with van der Waals surface area (Å²) in [5.41, 5.74) is 0.408. The molecule has 1 heterocycles. The largest absolute Gasteiger partial charge is 0.495 e. The first-order valence-electron chi connectivity index (χ1n) is 7.55. The number of nitrogens with one attached hydrogen (secondary N) is 1. The smallest absolute Gasteiger partial charge is 0.237 e. The van der Waals surface area contributed by atoms with E-state index in [2.05, 4.69) is 15.5 Å². The summed E-state index contributed by atoms with van der Waals surface area (Å²) in [5, 5.41) is 11.2. The number of hydrogen-bond acceptors (Lipinski definition) is 6. The van der Waals surface area contributed by atoms with Crippen molar-refractivity contribution in [2.75, 3.05) is 18.3 Å². The third-order valence-corrected chi connectivity index (χ3v) is 4.41. The van der Waals surface area contributed by atoms with E-state index >= 15 is 0 Å². The third-order valence-electron chi connectivity index (χ3n) is 3.35. The first kappa shape index (κ1) is 18.1. The van der Waals surface area contributed by atoms with Gasteiger partial charge in [0.25, 0.3) is 0 Å². The number of hydrogen-bond donors (Lipinski definition) is 2. The SMILES string of the molecule is COc1ccccc1NC(=O)C(C)Sc1nnc(C(C)(C)C)n1N. The molecule has 1 aromatic heterocycles. The van der Waals surface area contributed by atoms with Crippen molar-refractivity contribution in [2.45, 2.75) is 43.5 Å². The fraction of sp³-hybridized carbons (Fsp3) is 0.438. The maximum Gasteiger partial charge on any atom is 0.237 e. The van der Waals surface area contributed by atoms with Crippen LogP contribution in [0, 0.1) is 0 Å². The van der Waals surface area contributed by atoms with Gasteiger partial charge in [-0.3, -0.25) is 4.79 Å². The van der Waals surface area contributed by atoms with Crippen molar-refractivity contribution in [1.82, 2.24) is 14.9 Å². The minimum atomic E-state index is -0.394. The first-order valence-corrected chi connectivity index (χ1v) is 8.43. The van der Waals surface area contributed by atoms with Gasteiger partial charge >= 0.3 is 0 Å². The Bertz CT molecular complexity index is 723. The molecular formula is C16H23N5O2S. The van der Waals surface area contributed by atoms with E-state index in [9.17, 15) is 4.79 Å². The summed E-state index contributed by atoms with van der Waals surface area (Å²) in [6.45, 7) is 7.81. The molecule has 0 saturated heterocycles. The summed E-state index contributed by atoms with van der Waals surface area (Å²) in [7, 11) is 1.56. The van der Waals surface area contributed by atoms with Gasteiger partial charge in [-0.1, -0.05) is 44.7 Å². The Hall–Kier alpha value is -2.22. The molecule has 130 valence electrons. The molecule has 0 spiro atoms. The number of aromatic nitrogens is 3. The predicted octanol–water partition coefficient (Wildman–Crippen LogP) is 2.42. The van der Waals surface area contributed by atoms with Crippen LogP contribution in [-0.4, -0.2) is 33.1 Å². The Balaban J connectivity index is 2.08. The molecule has 7 nitrogen and oxygen atoms in total. The number of thioether (sulfide) groups is 1. The molecule has 8 heteroatoms. The highest BCUT2D eigenvalue weighted by molar-refractivity contribution is 8.00. The molecule has 2 aromatic rings. The molecule has 1 atom stereocenters. The molecule has 2 rings (SSSR count). The van der Waals surface area contributed by atoms with E-state index < -0.39 is 5.25 Å². The number of amides is 1. The Morgan fingerprint density at radius 1 is 1.33 bits per heavy atom. The van der Waals surface area contributed by atoms with Gasteiger partial charge in [-0.15, -0.1) is 10.2 Å². The number of para-hydroxylation sites is 2. The van der Waals surface area contributed by atoms with Gasteiger partial charge in [0.2, 0.25) is 11.1 Å². The number of rotatable bonds is 5. The monoisotopic (exact) mass is 349 g/mol. The number of methoxy groups -OCH3 is 1. The molecule has 0 aliphatic carbocycles. The normalized spacial score (nSPS) is 12.7. The minimum absolute atomic E-state index is 0.162. The maximum absolute atomic E-state index is 12.4. The fourth-order valence-corrected chi connectivity index (χ4v) is 2.83. The number of nitrogens with zero attached hydrogens (tertiary/aromatic N) is 3. The number of nitrogens with two attached hydrogens (primary N) is 1. The van der Waals surface area contributed by atoms with E-state index in [0.29, 0.717) is 22.4 Å². The summed E-state index contributed by atoms with van der Waals surface area (Å²) >= 11 is 1.26. The molecule has 3 N–H and O–H groups in total. The molecule has 1 aromatic carbocycles. The lowest BCUT2D eigenvalue weighted by molar-refractivity contribution is -0.115. The number of benzene rings is 1. The van der Waals surface area contributed by atoms with Gasteiger partial charge in [0.1, 0.15) is 5.75 Å². The number of ether oxygens (including phenoxy) is 1. The van der Waals surface area contributed by atoms with Crippen molar-refractivity contribution in [1.29, 1.82) is 0 Å². The molecule has 0 fully saturated rings. The number of anilines is 1. The summed E-state index contributed by atoms with van der Waals surface area (Å²) in [6, 6.07) is 7.26. The second-order valence-electron chi connectivity index (χ2n) is 6.38. The van der Waals surface area contributed by atoms with Crippen molar-refractivity contribution >= 4 is 23.4 Å². The number of carbonyl (C=O) groups excluding carboxylic acids is 1. The highest BCUT2D eigenvalue weighted by atomic mass is 32.2. The second kappa shape index (κ2) is 7.12. The van der Waals surface area contributed by atoms with Crippen LogP contribution in [0.5, 0.6) is 5.75 Å². The average molecular weight is 349 g/mol. The number of nitrogen functional groups attached to an aromatic ring is 1. The molecule has 0 saturated carbocycles. The van der Waals surface area contributed by atoms with Crippen LogP contribution >= 0.6 is 11.8 Å². The summed E-state index contributed by atoms with van der Waals surface area (Å²) in [4.78, 5) is 12.4. The van der Waals surface area contributed by atoms with Gasteiger partial charge in [-0.25, -0.2) is 4.68 Å². The van der Waals surface area contributed by atoms with Crippen LogP contribution < -0.4 is 15.9 Å². The fourth-order valence-electron chi connectivity index (χ4n) is 2.06. The Morgan fingerprint density at radius 2 is 2.00 bits per heavy atom. The zero-order chi connectivity index (χ0) is 17.9. The van der Waals surface area contributed by atoms with Crippen LogP contribution in [0.15, 0.2) is 29.4 Å². The highest BCUT2D eigenvalue weighted by Gasteiger charge is 2.25. The molecule has 0 aliphatic heterocycles. The van der Waals surface area contributed by atoms with E-state index in [1.165, 1.54) is 16.4 Å². The second-order valence-corrected chi connectivity index (χ2v) is 7.68. The highest BCUT2D eigenvalue weighted by Crippen LogP contribution is 2.28. The zero-order valence-electron chi connectivity index (χ0n) is 14.5. The lowest BCUT2D eigenvalue weighted by Gasteiger charge is -2.17. The average Bonchev–Trinajstić information content (AvgIpc) is 2.88. The van der Waals surface area contributed by atoms with E-state index in [-0.39, 0.29) is 11.3 Å². The topological polar surface area (TPSA) is 95.1 Å². The number of carbonyl (C=O) groups is 1. The predicted molar refractivity (Wildman–Crippen MR) is 95.8 cm³/mol. The van der Waals surface area contributed by atoms with Crippen LogP contribution in [-0.2, 0) is 10.2 Å².